The monoisotopic (exact) mass is 217 g/mol. The average molecular weight is 217 g/mol. The standard InChI is InChI=1S/C12H11NOS/c1-14-11(12-13-7-8-15-12)9-10-5-3-2-4-6-10/h2-9H,1H3. The molecule has 15 heavy (non-hydrogen) atoms. The van der Waals surface area contributed by atoms with Crippen molar-refractivity contribution in [1.29, 1.82) is 0 Å². The maximum atomic E-state index is 5.31. The number of benzene rings is 1. The fourth-order valence-corrected chi connectivity index (χ4v) is 1.88. The summed E-state index contributed by atoms with van der Waals surface area (Å²) in [6.45, 7) is 0. The van der Waals surface area contributed by atoms with E-state index in [1.54, 1.807) is 24.6 Å². The van der Waals surface area contributed by atoms with Gasteiger partial charge in [-0.2, -0.15) is 0 Å². The van der Waals surface area contributed by atoms with Gasteiger partial charge in [-0.05, 0) is 11.6 Å². The molecule has 3 heteroatoms. The van der Waals surface area contributed by atoms with Crippen molar-refractivity contribution < 1.29 is 4.74 Å². The molecule has 0 fully saturated rings. The minimum absolute atomic E-state index is 0.802. The lowest BCUT2D eigenvalue weighted by atomic mass is 10.2. The van der Waals surface area contributed by atoms with Crippen LogP contribution < -0.4 is 0 Å². The highest BCUT2D eigenvalue weighted by Crippen LogP contribution is 2.20. The van der Waals surface area contributed by atoms with Gasteiger partial charge in [-0.3, -0.25) is 0 Å². The van der Waals surface area contributed by atoms with Crippen molar-refractivity contribution in [1.82, 2.24) is 4.98 Å². The van der Waals surface area contributed by atoms with Gasteiger partial charge in [0, 0.05) is 11.6 Å². The SMILES string of the molecule is COC(=Cc1ccccc1)c1nccs1. The molecule has 76 valence electrons. The summed E-state index contributed by atoms with van der Waals surface area (Å²) in [6, 6.07) is 10.1. The Bertz CT molecular complexity index is 434. The smallest absolute Gasteiger partial charge is 0.158 e. The molecule has 2 nitrogen and oxygen atoms in total. The molecule has 0 radical (unpaired) electrons. The van der Waals surface area contributed by atoms with Gasteiger partial charge in [0.25, 0.3) is 0 Å². The van der Waals surface area contributed by atoms with Crippen molar-refractivity contribution in [2.75, 3.05) is 7.11 Å². The molecule has 1 heterocycles. The first-order valence-electron chi connectivity index (χ1n) is 4.61. The summed E-state index contributed by atoms with van der Waals surface area (Å²) < 4.78 is 5.31. The molecule has 0 spiro atoms. The number of hydrogen-bond acceptors (Lipinski definition) is 3. The van der Waals surface area contributed by atoms with Gasteiger partial charge < -0.3 is 4.74 Å². The molecule has 1 aromatic heterocycles. The largest absolute Gasteiger partial charge is 0.494 e. The van der Waals surface area contributed by atoms with Crippen molar-refractivity contribution in [3.8, 4) is 0 Å². The van der Waals surface area contributed by atoms with E-state index < -0.39 is 0 Å². The van der Waals surface area contributed by atoms with E-state index in [-0.39, 0.29) is 0 Å². The van der Waals surface area contributed by atoms with E-state index in [1.807, 2.05) is 41.8 Å². The van der Waals surface area contributed by atoms with E-state index in [9.17, 15) is 0 Å². The Labute approximate surface area is 92.9 Å². The van der Waals surface area contributed by atoms with Crippen LogP contribution in [0.3, 0.4) is 0 Å². The van der Waals surface area contributed by atoms with Gasteiger partial charge in [0.1, 0.15) is 0 Å². The molecule has 0 aliphatic rings. The molecule has 0 unspecified atom stereocenters. The summed E-state index contributed by atoms with van der Waals surface area (Å²) in [6.07, 6.45) is 3.76. The molecular weight excluding hydrogens is 206 g/mol. The maximum absolute atomic E-state index is 5.31. The van der Waals surface area contributed by atoms with Gasteiger partial charge in [-0.15, -0.1) is 11.3 Å². The Morgan fingerprint density at radius 2 is 2.13 bits per heavy atom. The maximum Gasteiger partial charge on any atom is 0.158 e. The first kappa shape index (κ1) is 9.93. The third kappa shape index (κ3) is 2.44. The van der Waals surface area contributed by atoms with Gasteiger partial charge >= 0.3 is 0 Å². The summed E-state index contributed by atoms with van der Waals surface area (Å²) >= 11 is 1.57. The van der Waals surface area contributed by atoms with Crippen molar-refractivity contribution in [3.05, 3.63) is 52.5 Å². The topological polar surface area (TPSA) is 22.1 Å². The van der Waals surface area contributed by atoms with E-state index in [1.165, 1.54) is 0 Å². The predicted molar refractivity (Wildman–Crippen MR) is 63.4 cm³/mol. The second-order valence-corrected chi connectivity index (χ2v) is 3.86. The fourth-order valence-electron chi connectivity index (χ4n) is 1.25. The quantitative estimate of drug-likeness (QED) is 0.736. The fraction of sp³-hybridized carbons (Fsp3) is 0.0833. The minimum Gasteiger partial charge on any atom is -0.494 e. The Hall–Kier alpha value is -1.61. The van der Waals surface area contributed by atoms with E-state index >= 15 is 0 Å². The summed E-state index contributed by atoms with van der Waals surface area (Å²) in [4.78, 5) is 4.21. The Morgan fingerprint density at radius 1 is 1.33 bits per heavy atom. The van der Waals surface area contributed by atoms with Crippen molar-refractivity contribution in [2.24, 2.45) is 0 Å². The average Bonchev–Trinajstić information content (AvgIpc) is 2.81. The number of ether oxygens (including phenoxy) is 1. The first-order valence-corrected chi connectivity index (χ1v) is 5.49. The second kappa shape index (κ2) is 4.75. The Kier molecular flexibility index (Phi) is 3.15. The molecule has 0 aliphatic heterocycles. The number of thiazole rings is 1. The molecule has 0 atom stereocenters. The molecule has 0 saturated carbocycles. The van der Waals surface area contributed by atoms with Crippen LogP contribution in [-0.4, -0.2) is 12.1 Å². The van der Waals surface area contributed by atoms with Crippen LogP contribution in [0.5, 0.6) is 0 Å². The predicted octanol–water partition coefficient (Wildman–Crippen LogP) is 3.29. The van der Waals surface area contributed by atoms with Crippen molar-refractivity contribution in [3.63, 3.8) is 0 Å². The minimum atomic E-state index is 0.802. The van der Waals surface area contributed by atoms with Crippen LogP contribution in [0.15, 0.2) is 41.9 Å². The summed E-state index contributed by atoms with van der Waals surface area (Å²) in [5.74, 6) is 0.802. The third-order valence-corrected chi connectivity index (χ3v) is 2.75. The van der Waals surface area contributed by atoms with Crippen LogP contribution >= 0.6 is 11.3 Å². The number of aromatic nitrogens is 1. The van der Waals surface area contributed by atoms with Gasteiger partial charge in [-0.1, -0.05) is 30.3 Å². The molecule has 0 amide bonds. The van der Waals surface area contributed by atoms with Crippen molar-refractivity contribution in [2.45, 2.75) is 0 Å². The molecule has 0 saturated heterocycles. The second-order valence-electron chi connectivity index (χ2n) is 2.96. The lowest BCUT2D eigenvalue weighted by Crippen LogP contribution is -1.85. The van der Waals surface area contributed by atoms with Crippen LogP contribution in [0.2, 0.25) is 0 Å². The van der Waals surface area contributed by atoms with Crippen molar-refractivity contribution >= 4 is 23.2 Å². The number of methoxy groups -OCH3 is 1. The highest BCUT2D eigenvalue weighted by Gasteiger charge is 2.03. The van der Waals surface area contributed by atoms with E-state index in [2.05, 4.69) is 4.98 Å². The molecule has 2 rings (SSSR count). The Balaban J connectivity index is 2.32. The summed E-state index contributed by atoms with van der Waals surface area (Å²) in [5, 5.41) is 2.84. The zero-order valence-electron chi connectivity index (χ0n) is 8.38. The summed E-state index contributed by atoms with van der Waals surface area (Å²) in [7, 11) is 1.66. The highest BCUT2D eigenvalue weighted by molar-refractivity contribution is 7.10. The molecule has 0 N–H and O–H groups in total. The van der Waals surface area contributed by atoms with E-state index in [0.29, 0.717) is 0 Å². The van der Waals surface area contributed by atoms with Gasteiger partial charge in [0.2, 0.25) is 0 Å². The number of rotatable bonds is 3. The van der Waals surface area contributed by atoms with Gasteiger partial charge in [0.05, 0.1) is 7.11 Å². The molecule has 1 aromatic carbocycles. The van der Waals surface area contributed by atoms with Crippen LogP contribution in [0.25, 0.3) is 11.8 Å². The zero-order valence-corrected chi connectivity index (χ0v) is 9.20. The summed E-state index contributed by atoms with van der Waals surface area (Å²) in [5.41, 5.74) is 1.12. The normalized spacial score (nSPS) is 11.4. The van der Waals surface area contributed by atoms with Crippen LogP contribution in [0.4, 0.5) is 0 Å². The molecule has 0 aliphatic carbocycles. The first-order chi connectivity index (χ1) is 7.40. The van der Waals surface area contributed by atoms with Crippen LogP contribution in [0, 0.1) is 0 Å². The number of hydrogen-bond donors (Lipinski definition) is 0. The lowest BCUT2D eigenvalue weighted by Gasteiger charge is -2.01. The third-order valence-electron chi connectivity index (χ3n) is 1.96. The van der Waals surface area contributed by atoms with Gasteiger partial charge in [-0.25, -0.2) is 4.98 Å². The van der Waals surface area contributed by atoms with Gasteiger partial charge in [0.15, 0.2) is 10.8 Å². The molecular formula is C12H11NOS. The lowest BCUT2D eigenvalue weighted by molar-refractivity contribution is 0.372. The number of nitrogens with zero attached hydrogens (tertiary/aromatic N) is 1. The highest BCUT2D eigenvalue weighted by atomic mass is 32.1. The van der Waals surface area contributed by atoms with E-state index in [4.69, 9.17) is 4.74 Å². The Morgan fingerprint density at radius 3 is 2.73 bits per heavy atom. The van der Waals surface area contributed by atoms with E-state index in [0.717, 1.165) is 16.3 Å². The molecule has 0 bridgehead atoms. The molecule has 2 aromatic rings. The van der Waals surface area contributed by atoms with Crippen LogP contribution in [-0.2, 0) is 4.74 Å². The van der Waals surface area contributed by atoms with Crippen LogP contribution in [0.1, 0.15) is 10.6 Å². The zero-order chi connectivity index (χ0) is 10.5.